The molecule has 0 unspecified atom stereocenters. The summed E-state index contributed by atoms with van der Waals surface area (Å²) in [7, 11) is 0. The molecule has 1 amide bonds. The molecule has 1 N–H and O–H groups in total. The molecule has 1 aromatic heterocycles. The van der Waals surface area contributed by atoms with Crippen molar-refractivity contribution < 1.29 is 9.53 Å². The van der Waals surface area contributed by atoms with Gasteiger partial charge in [-0.25, -0.2) is 0 Å². The molecule has 0 saturated carbocycles. The molecule has 7 nitrogen and oxygen atoms in total. The lowest BCUT2D eigenvalue weighted by Gasteiger charge is -2.35. The molecule has 0 bridgehead atoms. The molecule has 2 aromatic carbocycles. The second-order valence-electron chi connectivity index (χ2n) is 8.59. The molecule has 2 heterocycles. The quantitative estimate of drug-likeness (QED) is 0.619. The van der Waals surface area contributed by atoms with Gasteiger partial charge in [0, 0.05) is 31.1 Å². The van der Waals surface area contributed by atoms with Gasteiger partial charge in [-0.3, -0.25) is 14.5 Å². The van der Waals surface area contributed by atoms with Crippen molar-refractivity contribution in [3.8, 4) is 5.69 Å². The third-order valence-electron chi connectivity index (χ3n) is 5.82. The standard InChI is InChI=1S/C25H30N4O3/c1-18(2)16-20(28-12-14-32-15-13-28)17-26-24(30)23-21-10-6-7-11-22(21)25(31)29(27-23)19-8-4-3-5-9-19/h3-11,18,20H,12-17H2,1-2H3,(H,26,30)/t20-/m0/s1. The number of amides is 1. The van der Waals surface area contributed by atoms with E-state index in [2.05, 4.69) is 29.2 Å². The maximum absolute atomic E-state index is 13.3. The summed E-state index contributed by atoms with van der Waals surface area (Å²) in [5.74, 6) is 0.242. The maximum Gasteiger partial charge on any atom is 0.279 e. The third-order valence-corrected chi connectivity index (χ3v) is 5.82. The number of rotatable bonds is 7. The summed E-state index contributed by atoms with van der Waals surface area (Å²) in [5.41, 5.74) is 0.645. The van der Waals surface area contributed by atoms with E-state index in [-0.39, 0.29) is 23.2 Å². The van der Waals surface area contributed by atoms with E-state index in [0.29, 0.717) is 28.9 Å². The van der Waals surface area contributed by atoms with Gasteiger partial charge in [0.2, 0.25) is 0 Å². The van der Waals surface area contributed by atoms with E-state index in [1.54, 1.807) is 18.2 Å². The van der Waals surface area contributed by atoms with Crippen molar-refractivity contribution in [1.29, 1.82) is 0 Å². The van der Waals surface area contributed by atoms with Crippen LogP contribution >= 0.6 is 0 Å². The minimum absolute atomic E-state index is 0.231. The van der Waals surface area contributed by atoms with Crippen molar-refractivity contribution in [3.05, 3.63) is 70.6 Å². The van der Waals surface area contributed by atoms with E-state index >= 15 is 0 Å². The number of para-hydroxylation sites is 1. The van der Waals surface area contributed by atoms with Gasteiger partial charge >= 0.3 is 0 Å². The van der Waals surface area contributed by atoms with Gasteiger partial charge in [0.15, 0.2) is 5.69 Å². The number of nitrogens with zero attached hydrogens (tertiary/aromatic N) is 3. The van der Waals surface area contributed by atoms with Crippen LogP contribution in [0.4, 0.5) is 0 Å². The summed E-state index contributed by atoms with van der Waals surface area (Å²) in [6.45, 7) is 8.09. The Morgan fingerprint density at radius 1 is 1.03 bits per heavy atom. The number of morpholine rings is 1. The second-order valence-corrected chi connectivity index (χ2v) is 8.59. The summed E-state index contributed by atoms with van der Waals surface area (Å²) in [5, 5.41) is 8.61. The number of benzene rings is 2. The average Bonchev–Trinajstić information content (AvgIpc) is 2.83. The Balaban J connectivity index is 1.64. The smallest absolute Gasteiger partial charge is 0.279 e. The number of ether oxygens (including phenoxy) is 1. The lowest BCUT2D eigenvalue weighted by molar-refractivity contribution is 0.0124. The van der Waals surface area contributed by atoms with E-state index in [0.717, 1.165) is 32.7 Å². The molecule has 0 radical (unpaired) electrons. The van der Waals surface area contributed by atoms with Gasteiger partial charge in [0.1, 0.15) is 0 Å². The number of aromatic nitrogens is 2. The normalized spacial score (nSPS) is 15.7. The van der Waals surface area contributed by atoms with Crippen LogP contribution in [0.2, 0.25) is 0 Å². The van der Waals surface area contributed by atoms with Crippen molar-refractivity contribution >= 4 is 16.7 Å². The molecule has 4 rings (SSSR count). The summed E-state index contributed by atoms with van der Waals surface area (Å²) in [6.07, 6.45) is 0.984. The summed E-state index contributed by atoms with van der Waals surface area (Å²) in [6, 6.07) is 16.6. The fourth-order valence-electron chi connectivity index (χ4n) is 4.24. The van der Waals surface area contributed by atoms with E-state index < -0.39 is 0 Å². The van der Waals surface area contributed by atoms with Gasteiger partial charge in [-0.05, 0) is 30.5 Å². The van der Waals surface area contributed by atoms with Crippen LogP contribution in [-0.2, 0) is 4.74 Å². The Labute approximate surface area is 188 Å². The van der Waals surface area contributed by atoms with Crippen LogP contribution in [0, 0.1) is 5.92 Å². The molecule has 32 heavy (non-hydrogen) atoms. The monoisotopic (exact) mass is 434 g/mol. The number of hydrogen-bond acceptors (Lipinski definition) is 5. The van der Waals surface area contributed by atoms with Gasteiger partial charge < -0.3 is 10.1 Å². The highest BCUT2D eigenvalue weighted by atomic mass is 16.5. The highest BCUT2D eigenvalue weighted by molar-refractivity contribution is 6.04. The first-order valence-corrected chi connectivity index (χ1v) is 11.2. The predicted octanol–water partition coefficient (Wildman–Crippen LogP) is 2.86. The zero-order chi connectivity index (χ0) is 22.5. The molecule has 1 atom stereocenters. The second kappa shape index (κ2) is 10.1. The molecule has 1 saturated heterocycles. The maximum atomic E-state index is 13.3. The van der Waals surface area contributed by atoms with Crippen LogP contribution in [-0.4, -0.2) is 59.5 Å². The third kappa shape index (κ3) is 4.89. The molecule has 3 aromatic rings. The Morgan fingerprint density at radius 2 is 1.69 bits per heavy atom. The van der Waals surface area contributed by atoms with Crippen LogP contribution in [0.25, 0.3) is 16.5 Å². The first-order chi connectivity index (χ1) is 15.5. The minimum atomic E-state index is -0.270. The Bertz CT molecular complexity index is 1120. The van der Waals surface area contributed by atoms with Crippen molar-refractivity contribution in [3.63, 3.8) is 0 Å². The minimum Gasteiger partial charge on any atom is -0.379 e. The van der Waals surface area contributed by atoms with Crippen LogP contribution in [0.3, 0.4) is 0 Å². The van der Waals surface area contributed by atoms with E-state index in [1.165, 1.54) is 4.68 Å². The molecule has 7 heteroatoms. The van der Waals surface area contributed by atoms with Gasteiger partial charge in [0.25, 0.3) is 11.5 Å². The number of hydrogen-bond donors (Lipinski definition) is 1. The fraction of sp³-hybridized carbons (Fsp3) is 0.400. The van der Waals surface area contributed by atoms with Crippen molar-refractivity contribution in [1.82, 2.24) is 20.0 Å². The van der Waals surface area contributed by atoms with Gasteiger partial charge in [-0.2, -0.15) is 9.78 Å². The molecular weight excluding hydrogens is 404 g/mol. The zero-order valence-corrected chi connectivity index (χ0v) is 18.7. The van der Waals surface area contributed by atoms with Gasteiger partial charge in [0.05, 0.1) is 24.3 Å². The molecule has 1 aliphatic heterocycles. The van der Waals surface area contributed by atoms with E-state index in [4.69, 9.17) is 4.74 Å². The molecule has 0 spiro atoms. The van der Waals surface area contributed by atoms with Crippen molar-refractivity contribution in [2.75, 3.05) is 32.8 Å². The summed E-state index contributed by atoms with van der Waals surface area (Å²) in [4.78, 5) is 28.7. The average molecular weight is 435 g/mol. The molecule has 1 aliphatic rings. The van der Waals surface area contributed by atoms with E-state index in [9.17, 15) is 9.59 Å². The van der Waals surface area contributed by atoms with Crippen LogP contribution < -0.4 is 10.9 Å². The predicted molar refractivity (Wildman–Crippen MR) is 125 cm³/mol. The van der Waals surface area contributed by atoms with Crippen molar-refractivity contribution in [2.45, 2.75) is 26.3 Å². The largest absolute Gasteiger partial charge is 0.379 e. The number of nitrogens with one attached hydrogen (secondary N) is 1. The number of fused-ring (bicyclic) bond motifs is 1. The highest BCUT2D eigenvalue weighted by Gasteiger charge is 2.24. The Morgan fingerprint density at radius 3 is 2.38 bits per heavy atom. The molecular formula is C25H30N4O3. The van der Waals surface area contributed by atoms with Crippen molar-refractivity contribution in [2.24, 2.45) is 5.92 Å². The number of carbonyl (C=O) groups is 1. The van der Waals surface area contributed by atoms with Gasteiger partial charge in [-0.15, -0.1) is 0 Å². The number of carbonyl (C=O) groups excluding carboxylic acids is 1. The lowest BCUT2D eigenvalue weighted by atomic mass is 10.0. The first-order valence-electron chi connectivity index (χ1n) is 11.2. The lowest BCUT2D eigenvalue weighted by Crippen LogP contribution is -2.49. The fourth-order valence-corrected chi connectivity index (χ4v) is 4.24. The zero-order valence-electron chi connectivity index (χ0n) is 18.7. The summed E-state index contributed by atoms with van der Waals surface area (Å²) >= 11 is 0. The van der Waals surface area contributed by atoms with Gasteiger partial charge in [-0.1, -0.05) is 50.2 Å². The summed E-state index contributed by atoms with van der Waals surface area (Å²) < 4.78 is 6.80. The molecule has 168 valence electrons. The van der Waals surface area contributed by atoms with E-state index in [1.807, 2.05) is 36.4 Å². The Hall–Kier alpha value is -3.03. The SMILES string of the molecule is CC(C)C[C@@H](CNC(=O)c1nn(-c2ccccc2)c(=O)c2ccccc12)N1CCOCC1. The molecule has 1 fully saturated rings. The Kier molecular flexibility index (Phi) is 6.97. The first kappa shape index (κ1) is 22.2. The van der Waals surface area contributed by atoms with Crippen LogP contribution in [0.5, 0.6) is 0 Å². The molecule has 0 aliphatic carbocycles. The van der Waals surface area contributed by atoms with Crippen LogP contribution in [0.1, 0.15) is 30.8 Å². The highest BCUT2D eigenvalue weighted by Crippen LogP contribution is 2.16. The van der Waals surface area contributed by atoms with Crippen LogP contribution in [0.15, 0.2) is 59.4 Å². The topological polar surface area (TPSA) is 76.5 Å².